The number of aromatic nitrogens is 2. The molecule has 0 fully saturated rings. The first-order valence-corrected chi connectivity index (χ1v) is 6.77. The summed E-state index contributed by atoms with van der Waals surface area (Å²) < 4.78 is 0. The van der Waals surface area contributed by atoms with Gasteiger partial charge in [0.2, 0.25) is 0 Å². The standard InChI is InChI=1S/C14H26N4O/c1-7-8-11-16-12(15-5)10(2)13(17-11)18(6)14(3,4)9-19/h19H,7-9H2,1-6H3,(H,15,16,17). The van der Waals surface area contributed by atoms with E-state index in [4.69, 9.17) is 0 Å². The minimum absolute atomic E-state index is 0.0743. The molecule has 0 bridgehead atoms. The summed E-state index contributed by atoms with van der Waals surface area (Å²) in [5, 5.41) is 12.6. The van der Waals surface area contributed by atoms with Crippen LogP contribution in [0.4, 0.5) is 11.6 Å². The molecule has 0 unspecified atom stereocenters. The zero-order valence-corrected chi connectivity index (χ0v) is 12.9. The van der Waals surface area contributed by atoms with Crippen molar-refractivity contribution in [3.63, 3.8) is 0 Å². The van der Waals surface area contributed by atoms with Crippen molar-refractivity contribution in [3.05, 3.63) is 11.4 Å². The van der Waals surface area contributed by atoms with Gasteiger partial charge in [-0.3, -0.25) is 0 Å². The van der Waals surface area contributed by atoms with Crippen LogP contribution in [0.5, 0.6) is 0 Å². The SMILES string of the molecule is CCCc1nc(NC)c(C)c(N(C)C(C)(C)CO)n1. The van der Waals surface area contributed by atoms with E-state index in [1.54, 1.807) is 0 Å². The van der Waals surface area contributed by atoms with Gasteiger partial charge in [-0.15, -0.1) is 0 Å². The Morgan fingerprint density at radius 3 is 2.42 bits per heavy atom. The van der Waals surface area contributed by atoms with Crippen molar-refractivity contribution < 1.29 is 5.11 Å². The molecule has 5 nitrogen and oxygen atoms in total. The summed E-state index contributed by atoms with van der Waals surface area (Å²) in [5.41, 5.74) is 0.652. The van der Waals surface area contributed by atoms with Crippen molar-refractivity contribution in [3.8, 4) is 0 Å². The van der Waals surface area contributed by atoms with E-state index in [0.717, 1.165) is 35.9 Å². The van der Waals surface area contributed by atoms with Crippen LogP contribution in [0, 0.1) is 6.92 Å². The van der Waals surface area contributed by atoms with Gasteiger partial charge in [-0.25, -0.2) is 9.97 Å². The van der Waals surface area contributed by atoms with E-state index in [0.29, 0.717) is 0 Å². The van der Waals surface area contributed by atoms with Gasteiger partial charge in [0.25, 0.3) is 0 Å². The van der Waals surface area contributed by atoms with E-state index in [9.17, 15) is 5.11 Å². The first-order chi connectivity index (χ1) is 8.87. The Morgan fingerprint density at radius 1 is 1.32 bits per heavy atom. The van der Waals surface area contributed by atoms with E-state index in [2.05, 4.69) is 22.2 Å². The molecule has 2 N–H and O–H groups in total. The van der Waals surface area contributed by atoms with Crippen LogP contribution >= 0.6 is 0 Å². The normalized spacial score (nSPS) is 11.5. The zero-order valence-electron chi connectivity index (χ0n) is 12.9. The monoisotopic (exact) mass is 266 g/mol. The second-order valence-corrected chi connectivity index (χ2v) is 5.47. The third-order valence-electron chi connectivity index (χ3n) is 3.49. The highest BCUT2D eigenvalue weighted by molar-refractivity contribution is 5.59. The van der Waals surface area contributed by atoms with Gasteiger partial charge in [0.15, 0.2) is 0 Å². The van der Waals surface area contributed by atoms with Crippen LogP contribution in [-0.2, 0) is 6.42 Å². The molecule has 1 aromatic heterocycles. The molecule has 1 heterocycles. The second kappa shape index (κ2) is 6.19. The Morgan fingerprint density at radius 2 is 1.95 bits per heavy atom. The topological polar surface area (TPSA) is 61.3 Å². The van der Waals surface area contributed by atoms with Crippen molar-refractivity contribution in [2.24, 2.45) is 0 Å². The second-order valence-electron chi connectivity index (χ2n) is 5.47. The molecule has 1 aromatic rings. The Bertz CT molecular complexity index is 432. The Hall–Kier alpha value is -1.36. The molecular weight excluding hydrogens is 240 g/mol. The lowest BCUT2D eigenvalue weighted by Gasteiger charge is -2.36. The van der Waals surface area contributed by atoms with Gasteiger partial charge in [0.05, 0.1) is 12.1 Å². The lowest BCUT2D eigenvalue weighted by molar-refractivity contribution is 0.215. The fourth-order valence-electron chi connectivity index (χ4n) is 1.85. The molecule has 0 aliphatic heterocycles. The lowest BCUT2D eigenvalue weighted by Crippen LogP contribution is -2.45. The molecular formula is C14H26N4O. The molecule has 0 saturated carbocycles. The predicted octanol–water partition coefficient (Wildman–Crippen LogP) is 1.99. The molecule has 0 amide bonds. The van der Waals surface area contributed by atoms with Gasteiger partial charge in [0, 0.05) is 26.1 Å². The van der Waals surface area contributed by atoms with Crippen molar-refractivity contribution in [2.75, 3.05) is 30.9 Å². The Kier molecular flexibility index (Phi) is 5.11. The van der Waals surface area contributed by atoms with Crippen LogP contribution in [0.2, 0.25) is 0 Å². The van der Waals surface area contributed by atoms with Crippen LogP contribution in [0.15, 0.2) is 0 Å². The summed E-state index contributed by atoms with van der Waals surface area (Å²) in [6, 6.07) is 0. The number of rotatable bonds is 6. The number of aliphatic hydroxyl groups is 1. The summed E-state index contributed by atoms with van der Waals surface area (Å²) >= 11 is 0. The van der Waals surface area contributed by atoms with E-state index in [1.165, 1.54) is 0 Å². The van der Waals surface area contributed by atoms with Gasteiger partial charge in [-0.05, 0) is 27.2 Å². The number of likely N-dealkylation sites (N-methyl/N-ethyl adjacent to an activating group) is 1. The fraction of sp³-hybridized carbons (Fsp3) is 0.714. The average Bonchev–Trinajstić information content (AvgIpc) is 2.40. The van der Waals surface area contributed by atoms with Crippen LogP contribution in [0.1, 0.15) is 38.6 Å². The summed E-state index contributed by atoms with van der Waals surface area (Å²) in [5.74, 6) is 2.57. The molecule has 0 spiro atoms. The minimum atomic E-state index is -0.354. The highest BCUT2D eigenvalue weighted by Gasteiger charge is 2.26. The number of anilines is 2. The third-order valence-corrected chi connectivity index (χ3v) is 3.49. The molecule has 0 saturated heterocycles. The summed E-state index contributed by atoms with van der Waals surface area (Å²) in [6.45, 7) is 8.18. The van der Waals surface area contributed by atoms with Gasteiger partial charge in [0.1, 0.15) is 17.5 Å². The largest absolute Gasteiger partial charge is 0.394 e. The zero-order chi connectivity index (χ0) is 14.6. The van der Waals surface area contributed by atoms with Crippen molar-refractivity contribution in [1.29, 1.82) is 0 Å². The molecule has 0 atom stereocenters. The van der Waals surface area contributed by atoms with E-state index in [1.807, 2.05) is 39.8 Å². The van der Waals surface area contributed by atoms with Crippen LogP contribution < -0.4 is 10.2 Å². The minimum Gasteiger partial charge on any atom is -0.394 e. The maximum atomic E-state index is 9.52. The van der Waals surface area contributed by atoms with E-state index >= 15 is 0 Å². The van der Waals surface area contributed by atoms with E-state index in [-0.39, 0.29) is 12.1 Å². The smallest absolute Gasteiger partial charge is 0.137 e. The summed E-state index contributed by atoms with van der Waals surface area (Å²) in [4.78, 5) is 11.2. The van der Waals surface area contributed by atoms with Gasteiger partial charge < -0.3 is 15.3 Å². The molecule has 0 aliphatic rings. The van der Waals surface area contributed by atoms with Gasteiger partial charge >= 0.3 is 0 Å². The quantitative estimate of drug-likeness (QED) is 0.824. The Balaban J connectivity index is 3.28. The third kappa shape index (κ3) is 3.35. The number of aliphatic hydroxyl groups excluding tert-OH is 1. The molecule has 1 rings (SSSR count). The summed E-state index contributed by atoms with van der Waals surface area (Å²) in [7, 11) is 3.83. The molecule has 0 radical (unpaired) electrons. The number of aryl methyl sites for hydroxylation is 1. The average molecular weight is 266 g/mol. The number of hydrogen-bond donors (Lipinski definition) is 2. The van der Waals surface area contributed by atoms with Crippen LogP contribution in [0.25, 0.3) is 0 Å². The Labute approximate surface area is 116 Å². The summed E-state index contributed by atoms with van der Waals surface area (Å²) in [6.07, 6.45) is 1.87. The predicted molar refractivity (Wildman–Crippen MR) is 79.9 cm³/mol. The molecule has 5 heteroatoms. The highest BCUT2D eigenvalue weighted by Crippen LogP contribution is 2.27. The van der Waals surface area contributed by atoms with Crippen molar-refractivity contribution >= 4 is 11.6 Å². The molecule has 108 valence electrons. The van der Waals surface area contributed by atoms with E-state index < -0.39 is 0 Å². The molecule has 19 heavy (non-hydrogen) atoms. The number of nitrogens with zero attached hydrogens (tertiary/aromatic N) is 3. The van der Waals surface area contributed by atoms with Crippen LogP contribution in [0.3, 0.4) is 0 Å². The van der Waals surface area contributed by atoms with Crippen molar-refractivity contribution in [1.82, 2.24) is 9.97 Å². The van der Waals surface area contributed by atoms with Crippen LogP contribution in [-0.4, -0.2) is 41.3 Å². The maximum Gasteiger partial charge on any atom is 0.137 e. The number of hydrogen-bond acceptors (Lipinski definition) is 5. The van der Waals surface area contributed by atoms with Crippen molar-refractivity contribution in [2.45, 2.75) is 46.1 Å². The molecule has 0 aromatic carbocycles. The first-order valence-electron chi connectivity index (χ1n) is 6.77. The van der Waals surface area contributed by atoms with Gasteiger partial charge in [-0.2, -0.15) is 0 Å². The highest BCUT2D eigenvalue weighted by atomic mass is 16.3. The first kappa shape index (κ1) is 15.7. The maximum absolute atomic E-state index is 9.52. The van der Waals surface area contributed by atoms with Gasteiger partial charge in [-0.1, -0.05) is 6.92 Å². The molecule has 0 aliphatic carbocycles. The lowest BCUT2D eigenvalue weighted by atomic mass is 10.0. The fourth-order valence-corrected chi connectivity index (χ4v) is 1.85. The number of nitrogens with one attached hydrogen (secondary N) is 1.